The summed E-state index contributed by atoms with van der Waals surface area (Å²) in [5.74, 6) is -2.93. The zero-order valence-electron chi connectivity index (χ0n) is 6.46. The minimum atomic E-state index is -0.968. The first-order valence-corrected chi connectivity index (χ1v) is 3.39. The van der Waals surface area contributed by atoms with Gasteiger partial charge in [-0.1, -0.05) is 0 Å². The zero-order chi connectivity index (χ0) is 9.84. The molecule has 1 aromatic rings. The standard InChI is InChI=1S/C8H6F2O3/c9-5-1-6(10)3-7(2-5)13-8(12)4-11/h1-3,11H,4H2. The molecule has 5 heteroatoms. The second-order valence-corrected chi connectivity index (χ2v) is 2.24. The molecular weight excluding hydrogens is 182 g/mol. The van der Waals surface area contributed by atoms with Gasteiger partial charge in [-0.05, 0) is 0 Å². The molecule has 0 atom stereocenters. The summed E-state index contributed by atoms with van der Waals surface area (Å²) in [6, 6.07) is 2.34. The maximum atomic E-state index is 12.5. The summed E-state index contributed by atoms with van der Waals surface area (Å²) in [4.78, 5) is 10.5. The van der Waals surface area contributed by atoms with Crippen LogP contribution in [0.4, 0.5) is 8.78 Å². The fourth-order valence-electron chi connectivity index (χ4n) is 0.751. The predicted octanol–water partition coefficient (Wildman–Crippen LogP) is 0.863. The Labute approximate surface area is 72.6 Å². The third kappa shape index (κ3) is 2.79. The highest BCUT2D eigenvalue weighted by Gasteiger charge is 2.05. The van der Waals surface area contributed by atoms with E-state index in [9.17, 15) is 13.6 Å². The average molecular weight is 188 g/mol. The van der Waals surface area contributed by atoms with Crippen molar-refractivity contribution in [1.29, 1.82) is 0 Å². The molecule has 13 heavy (non-hydrogen) atoms. The number of carbonyl (C=O) groups is 1. The summed E-state index contributed by atoms with van der Waals surface area (Å²) >= 11 is 0. The first kappa shape index (κ1) is 9.60. The van der Waals surface area contributed by atoms with Crippen molar-refractivity contribution >= 4 is 5.97 Å². The number of aliphatic hydroxyl groups excluding tert-OH is 1. The molecule has 1 rings (SSSR count). The number of halogens is 2. The van der Waals surface area contributed by atoms with E-state index in [1.165, 1.54) is 0 Å². The summed E-state index contributed by atoms with van der Waals surface area (Å²) in [6.45, 7) is -0.835. The van der Waals surface area contributed by atoms with E-state index in [2.05, 4.69) is 4.74 Å². The van der Waals surface area contributed by atoms with Crippen LogP contribution in [0.2, 0.25) is 0 Å². The van der Waals surface area contributed by atoms with Gasteiger partial charge in [-0.2, -0.15) is 0 Å². The summed E-state index contributed by atoms with van der Waals surface area (Å²) in [5.41, 5.74) is 0. The molecule has 0 fully saturated rings. The summed E-state index contributed by atoms with van der Waals surface area (Å²) in [6.07, 6.45) is 0. The minimum absolute atomic E-state index is 0.267. The van der Waals surface area contributed by atoms with Gasteiger partial charge in [0.2, 0.25) is 0 Å². The lowest BCUT2D eigenvalue weighted by molar-refractivity contribution is -0.137. The molecule has 0 heterocycles. The predicted molar refractivity (Wildman–Crippen MR) is 39.1 cm³/mol. The lowest BCUT2D eigenvalue weighted by Gasteiger charge is -2.01. The van der Waals surface area contributed by atoms with E-state index in [0.717, 1.165) is 12.1 Å². The third-order valence-corrected chi connectivity index (χ3v) is 1.20. The number of benzene rings is 1. The Balaban J connectivity index is 2.83. The van der Waals surface area contributed by atoms with E-state index in [0.29, 0.717) is 6.07 Å². The first-order chi connectivity index (χ1) is 6.11. The number of esters is 1. The summed E-state index contributed by atoms with van der Waals surface area (Å²) in [7, 11) is 0. The fourth-order valence-corrected chi connectivity index (χ4v) is 0.751. The first-order valence-electron chi connectivity index (χ1n) is 3.39. The topological polar surface area (TPSA) is 46.5 Å². The molecule has 0 radical (unpaired) electrons. The average Bonchev–Trinajstić information content (AvgIpc) is 2.02. The molecule has 0 saturated carbocycles. The summed E-state index contributed by atoms with van der Waals surface area (Å²) < 4.78 is 29.3. The van der Waals surface area contributed by atoms with Crippen molar-refractivity contribution in [3.8, 4) is 5.75 Å². The van der Waals surface area contributed by atoms with Crippen LogP contribution >= 0.6 is 0 Å². The minimum Gasteiger partial charge on any atom is -0.425 e. The quantitative estimate of drug-likeness (QED) is 0.553. The van der Waals surface area contributed by atoms with Crippen LogP contribution in [0.15, 0.2) is 18.2 Å². The van der Waals surface area contributed by atoms with Crippen LogP contribution in [-0.4, -0.2) is 17.7 Å². The van der Waals surface area contributed by atoms with Gasteiger partial charge in [0.15, 0.2) is 0 Å². The van der Waals surface area contributed by atoms with Crippen LogP contribution in [0, 0.1) is 11.6 Å². The number of ether oxygens (including phenoxy) is 1. The molecule has 3 nitrogen and oxygen atoms in total. The molecule has 1 aromatic carbocycles. The van der Waals surface area contributed by atoms with Crippen molar-refractivity contribution in [1.82, 2.24) is 0 Å². The molecule has 0 aliphatic heterocycles. The second-order valence-electron chi connectivity index (χ2n) is 2.24. The Morgan fingerprint density at radius 2 is 1.85 bits per heavy atom. The molecule has 0 aromatic heterocycles. The zero-order valence-corrected chi connectivity index (χ0v) is 6.46. The highest BCUT2D eigenvalue weighted by atomic mass is 19.1. The molecule has 0 aliphatic rings. The highest BCUT2D eigenvalue weighted by Crippen LogP contribution is 2.15. The van der Waals surface area contributed by atoms with Gasteiger partial charge in [-0.15, -0.1) is 0 Å². The van der Waals surface area contributed by atoms with Gasteiger partial charge in [-0.3, -0.25) is 0 Å². The maximum Gasteiger partial charge on any atom is 0.337 e. The van der Waals surface area contributed by atoms with Crippen LogP contribution in [-0.2, 0) is 4.79 Å². The molecule has 0 amide bonds. The van der Waals surface area contributed by atoms with Crippen molar-refractivity contribution in [3.05, 3.63) is 29.8 Å². The van der Waals surface area contributed by atoms with Crippen molar-refractivity contribution in [2.24, 2.45) is 0 Å². The molecular formula is C8H6F2O3. The lowest BCUT2D eigenvalue weighted by Crippen LogP contribution is -2.12. The van der Waals surface area contributed by atoms with E-state index in [4.69, 9.17) is 5.11 Å². The monoisotopic (exact) mass is 188 g/mol. The number of aliphatic hydroxyl groups is 1. The highest BCUT2D eigenvalue weighted by molar-refractivity contribution is 5.73. The number of hydrogen-bond acceptors (Lipinski definition) is 3. The van der Waals surface area contributed by atoms with Gasteiger partial charge in [0.25, 0.3) is 0 Å². The Morgan fingerprint density at radius 1 is 1.31 bits per heavy atom. The SMILES string of the molecule is O=C(CO)Oc1cc(F)cc(F)c1. The number of hydrogen-bond donors (Lipinski definition) is 1. The smallest absolute Gasteiger partial charge is 0.337 e. The molecule has 0 aliphatic carbocycles. The third-order valence-electron chi connectivity index (χ3n) is 1.20. The Hall–Kier alpha value is -1.49. The largest absolute Gasteiger partial charge is 0.425 e. The molecule has 70 valence electrons. The van der Waals surface area contributed by atoms with Gasteiger partial charge in [0.1, 0.15) is 24.0 Å². The molecule has 0 spiro atoms. The van der Waals surface area contributed by atoms with E-state index in [-0.39, 0.29) is 5.75 Å². The van der Waals surface area contributed by atoms with Gasteiger partial charge in [-0.25, -0.2) is 13.6 Å². The van der Waals surface area contributed by atoms with Crippen molar-refractivity contribution in [2.75, 3.05) is 6.61 Å². The van der Waals surface area contributed by atoms with Gasteiger partial charge in [0, 0.05) is 18.2 Å². The van der Waals surface area contributed by atoms with Gasteiger partial charge >= 0.3 is 5.97 Å². The maximum absolute atomic E-state index is 12.5. The van der Waals surface area contributed by atoms with E-state index in [1.54, 1.807) is 0 Å². The van der Waals surface area contributed by atoms with Crippen LogP contribution in [0.25, 0.3) is 0 Å². The fraction of sp³-hybridized carbons (Fsp3) is 0.125. The van der Waals surface area contributed by atoms with Crippen LogP contribution in [0.1, 0.15) is 0 Å². The Kier molecular flexibility index (Phi) is 2.92. The van der Waals surface area contributed by atoms with Gasteiger partial charge in [0.05, 0.1) is 0 Å². The Bertz CT molecular complexity index is 305. The van der Waals surface area contributed by atoms with Crippen LogP contribution in [0.5, 0.6) is 5.75 Å². The number of carbonyl (C=O) groups excluding carboxylic acids is 1. The summed E-state index contributed by atoms with van der Waals surface area (Å²) in [5, 5.41) is 8.27. The molecule has 0 saturated heterocycles. The van der Waals surface area contributed by atoms with Crippen molar-refractivity contribution in [2.45, 2.75) is 0 Å². The second kappa shape index (κ2) is 3.95. The molecule has 0 unspecified atom stereocenters. The normalized spacial score (nSPS) is 9.77. The molecule has 0 bridgehead atoms. The van der Waals surface area contributed by atoms with Crippen molar-refractivity contribution in [3.63, 3.8) is 0 Å². The lowest BCUT2D eigenvalue weighted by atomic mass is 10.3. The van der Waals surface area contributed by atoms with E-state index < -0.39 is 24.2 Å². The van der Waals surface area contributed by atoms with Crippen LogP contribution < -0.4 is 4.74 Å². The van der Waals surface area contributed by atoms with Crippen LogP contribution in [0.3, 0.4) is 0 Å². The Morgan fingerprint density at radius 3 is 2.31 bits per heavy atom. The molecule has 1 N–H and O–H groups in total. The van der Waals surface area contributed by atoms with E-state index in [1.807, 2.05) is 0 Å². The van der Waals surface area contributed by atoms with E-state index >= 15 is 0 Å². The van der Waals surface area contributed by atoms with Crippen molar-refractivity contribution < 1.29 is 23.4 Å². The van der Waals surface area contributed by atoms with Gasteiger partial charge < -0.3 is 9.84 Å². The number of rotatable bonds is 2.